The zero-order valence-corrected chi connectivity index (χ0v) is 12.0. The standard InChI is InChI=1S/C14H17BrO3/c1-9-11(4-5-16-9)14(15)10-2-3-12-13(8-10)18-7-6-17-12/h2-3,8-9,11,14H,4-7H2,1H3. The summed E-state index contributed by atoms with van der Waals surface area (Å²) >= 11 is 3.80. The van der Waals surface area contributed by atoms with Crippen LogP contribution in [-0.2, 0) is 4.74 Å². The molecule has 2 aliphatic rings. The maximum Gasteiger partial charge on any atom is 0.161 e. The summed E-state index contributed by atoms with van der Waals surface area (Å²) < 4.78 is 16.8. The Bertz CT molecular complexity index is 435. The molecule has 0 saturated carbocycles. The Labute approximate surface area is 116 Å². The quantitative estimate of drug-likeness (QED) is 0.784. The molecule has 0 spiro atoms. The van der Waals surface area contributed by atoms with Crippen LogP contribution < -0.4 is 9.47 Å². The normalized spacial score (nSPS) is 28.1. The van der Waals surface area contributed by atoms with E-state index in [4.69, 9.17) is 14.2 Å². The number of benzene rings is 1. The maximum absolute atomic E-state index is 5.63. The van der Waals surface area contributed by atoms with Crippen LogP contribution in [0.5, 0.6) is 11.5 Å². The smallest absolute Gasteiger partial charge is 0.161 e. The molecule has 0 aliphatic carbocycles. The summed E-state index contributed by atoms with van der Waals surface area (Å²) in [4.78, 5) is 0.311. The summed E-state index contributed by atoms with van der Waals surface area (Å²) in [6, 6.07) is 6.19. The van der Waals surface area contributed by atoms with Crippen molar-refractivity contribution < 1.29 is 14.2 Å². The van der Waals surface area contributed by atoms with Crippen LogP contribution in [-0.4, -0.2) is 25.9 Å². The van der Waals surface area contributed by atoms with Crippen molar-refractivity contribution in [3.63, 3.8) is 0 Å². The second-order valence-electron chi connectivity index (χ2n) is 4.83. The van der Waals surface area contributed by atoms with Gasteiger partial charge in [0.05, 0.1) is 6.10 Å². The van der Waals surface area contributed by atoms with E-state index in [2.05, 4.69) is 35.0 Å². The SMILES string of the molecule is CC1OCCC1C(Br)c1ccc2c(c1)OCCO2. The van der Waals surface area contributed by atoms with Crippen LogP contribution in [0.3, 0.4) is 0 Å². The lowest BCUT2D eigenvalue weighted by Gasteiger charge is -2.23. The molecule has 0 bridgehead atoms. The first-order chi connectivity index (χ1) is 8.75. The third kappa shape index (κ3) is 2.24. The average molecular weight is 313 g/mol. The Balaban J connectivity index is 1.83. The molecule has 1 saturated heterocycles. The molecule has 4 heteroatoms. The summed E-state index contributed by atoms with van der Waals surface area (Å²) in [5.74, 6) is 2.22. The predicted molar refractivity (Wildman–Crippen MR) is 72.6 cm³/mol. The van der Waals surface area contributed by atoms with Crippen molar-refractivity contribution >= 4 is 15.9 Å². The maximum atomic E-state index is 5.63. The first kappa shape index (κ1) is 12.3. The Hall–Kier alpha value is -0.740. The monoisotopic (exact) mass is 312 g/mol. The number of alkyl halides is 1. The summed E-state index contributed by atoms with van der Waals surface area (Å²) in [7, 11) is 0. The fraction of sp³-hybridized carbons (Fsp3) is 0.571. The molecule has 0 radical (unpaired) electrons. The second kappa shape index (κ2) is 5.10. The molecule has 3 atom stereocenters. The molecule has 1 aromatic rings. The van der Waals surface area contributed by atoms with E-state index >= 15 is 0 Å². The number of hydrogen-bond acceptors (Lipinski definition) is 3. The van der Waals surface area contributed by atoms with Crippen LogP contribution in [0, 0.1) is 5.92 Å². The minimum absolute atomic E-state index is 0.308. The fourth-order valence-electron chi connectivity index (χ4n) is 2.61. The third-order valence-electron chi connectivity index (χ3n) is 3.70. The van der Waals surface area contributed by atoms with Crippen LogP contribution in [0.2, 0.25) is 0 Å². The van der Waals surface area contributed by atoms with E-state index in [1.165, 1.54) is 5.56 Å². The molecule has 0 amide bonds. The van der Waals surface area contributed by atoms with Gasteiger partial charge < -0.3 is 14.2 Å². The largest absolute Gasteiger partial charge is 0.486 e. The van der Waals surface area contributed by atoms with Crippen LogP contribution >= 0.6 is 15.9 Å². The van der Waals surface area contributed by atoms with Gasteiger partial charge in [0, 0.05) is 17.4 Å². The molecule has 18 heavy (non-hydrogen) atoms. The van der Waals surface area contributed by atoms with Gasteiger partial charge in [0.2, 0.25) is 0 Å². The van der Waals surface area contributed by atoms with Crippen molar-refractivity contribution in [3.8, 4) is 11.5 Å². The molecule has 3 rings (SSSR count). The highest BCUT2D eigenvalue weighted by atomic mass is 79.9. The third-order valence-corrected chi connectivity index (χ3v) is 4.90. The summed E-state index contributed by atoms with van der Waals surface area (Å²) in [5, 5.41) is 0. The molecule has 1 fully saturated rings. The minimum Gasteiger partial charge on any atom is -0.486 e. The number of fused-ring (bicyclic) bond motifs is 1. The Morgan fingerprint density at radius 2 is 1.94 bits per heavy atom. The zero-order chi connectivity index (χ0) is 12.5. The molecule has 3 unspecified atom stereocenters. The molecule has 98 valence electrons. The lowest BCUT2D eigenvalue weighted by atomic mass is 9.93. The highest BCUT2D eigenvalue weighted by Crippen LogP contribution is 2.42. The highest BCUT2D eigenvalue weighted by molar-refractivity contribution is 9.09. The summed E-state index contributed by atoms with van der Waals surface area (Å²) in [6.45, 7) is 4.27. The lowest BCUT2D eigenvalue weighted by molar-refractivity contribution is 0.105. The molecule has 0 N–H and O–H groups in total. The van der Waals surface area contributed by atoms with E-state index < -0.39 is 0 Å². The van der Waals surface area contributed by atoms with Crippen molar-refractivity contribution in [2.45, 2.75) is 24.3 Å². The molecule has 2 aliphatic heterocycles. The van der Waals surface area contributed by atoms with Gasteiger partial charge >= 0.3 is 0 Å². The van der Waals surface area contributed by atoms with E-state index in [0.29, 0.717) is 30.1 Å². The number of rotatable bonds is 2. The highest BCUT2D eigenvalue weighted by Gasteiger charge is 2.31. The van der Waals surface area contributed by atoms with Gasteiger partial charge in [-0.1, -0.05) is 22.0 Å². The van der Waals surface area contributed by atoms with Crippen molar-refractivity contribution in [3.05, 3.63) is 23.8 Å². The number of ether oxygens (including phenoxy) is 3. The zero-order valence-electron chi connectivity index (χ0n) is 10.4. The van der Waals surface area contributed by atoms with Crippen molar-refractivity contribution in [2.24, 2.45) is 5.92 Å². The Morgan fingerprint density at radius 1 is 1.17 bits per heavy atom. The minimum atomic E-state index is 0.308. The number of hydrogen-bond donors (Lipinski definition) is 0. The molecular formula is C14H17BrO3. The van der Waals surface area contributed by atoms with Gasteiger partial charge in [-0.3, -0.25) is 0 Å². The number of halogens is 1. The van der Waals surface area contributed by atoms with Crippen molar-refractivity contribution in [1.29, 1.82) is 0 Å². The van der Waals surface area contributed by atoms with Gasteiger partial charge in [-0.2, -0.15) is 0 Å². The molecule has 1 aromatic carbocycles. The Kier molecular flexibility index (Phi) is 3.48. The van der Waals surface area contributed by atoms with Gasteiger partial charge in [0.25, 0.3) is 0 Å². The predicted octanol–water partition coefficient (Wildman–Crippen LogP) is 3.32. The summed E-state index contributed by atoms with van der Waals surface area (Å²) in [5.41, 5.74) is 1.24. The van der Waals surface area contributed by atoms with Gasteiger partial charge in [-0.25, -0.2) is 0 Å². The van der Waals surface area contributed by atoms with E-state index in [9.17, 15) is 0 Å². The van der Waals surface area contributed by atoms with E-state index in [-0.39, 0.29) is 0 Å². The van der Waals surface area contributed by atoms with Crippen molar-refractivity contribution in [2.75, 3.05) is 19.8 Å². The topological polar surface area (TPSA) is 27.7 Å². The second-order valence-corrected chi connectivity index (χ2v) is 5.82. The first-order valence-corrected chi connectivity index (χ1v) is 7.32. The van der Waals surface area contributed by atoms with Crippen LogP contribution in [0.25, 0.3) is 0 Å². The Morgan fingerprint density at radius 3 is 2.67 bits per heavy atom. The van der Waals surface area contributed by atoms with Gasteiger partial charge in [-0.05, 0) is 31.0 Å². The van der Waals surface area contributed by atoms with Gasteiger partial charge in [-0.15, -0.1) is 0 Å². The molecule has 3 nitrogen and oxygen atoms in total. The first-order valence-electron chi connectivity index (χ1n) is 6.41. The van der Waals surface area contributed by atoms with E-state index in [1.54, 1.807) is 0 Å². The van der Waals surface area contributed by atoms with E-state index in [0.717, 1.165) is 24.5 Å². The van der Waals surface area contributed by atoms with Crippen molar-refractivity contribution in [1.82, 2.24) is 0 Å². The fourth-order valence-corrected chi connectivity index (χ4v) is 3.59. The van der Waals surface area contributed by atoms with Gasteiger partial charge in [0.1, 0.15) is 13.2 Å². The van der Waals surface area contributed by atoms with Crippen LogP contribution in [0.15, 0.2) is 18.2 Å². The molecular weight excluding hydrogens is 296 g/mol. The molecule has 0 aromatic heterocycles. The lowest BCUT2D eigenvalue weighted by Crippen LogP contribution is -2.18. The molecule has 2 heterocycles. The average Bonchev–Trinajstić information content (AvgIpc) is 2.83. The van der Waals surface area contributed by atoms with Crippen LogP contribution in [0.4, 0.5) is 0 Å². The van der Waals surface area contributed by atoms with E-state index in [1.807, 2.05) is 6.07 Å². The van der Waals surface area contributed by atoms with Gasteiger partial charge in [0.15, 0.2) is 11.5 Å². The van der Waals surface area contributed by atoms with Crippen LogP contribution in [0.1, 0.15) is 23.7 Å². The summed E-state index contributed by atoms with van der Waals surface area (Å²) in [6.07, 6.45) is 1.41.